The number of aryl methyl sites for hydroxylation is 2. The van der Waals surface area contributed by atoms with Gasteiger partial charge in [-0.1, -0.05) is 25.1 Å². The second-order valence-corrected chi connectivity index (χ2v) is 3.80. The van der Waals surface area contributed by atoms with Crippen molar-refractivity contribution >= 4 is 17.2 Å². The van der Waals surface area contributed by atoms with Gasteiger partial charge in [-0.05, 0) is 24.5 Å². The predicted octanol–water partition coefficient (Wildman–Crippen LogP) is 2.21. The summed E-state index contributed by atoms with van der Waals surface area (Å²) < 4.78 is 0. The van der Waals surface area contributed by atoms with E-state index >= 15 is 0 Å². The standard InChI is InChI=1S/C13H13NO2/c1-3-9-5-4-6-10-8(2)11(7-15)13(16)14-12(9)10/h4-7H,3H2,1-2H3,(H,14,16). The van der Waals surface area contributed by atoms with Crippen LogP contribution in [-0.4, -0.2) is 11.3 Å². The first-order valence-corrected chi connectivity index (χ1v) is 5.28. The van der Waals surface area contributed by atoms with Crippen LogP contribution in [0.25, 0.3) is 10.9 Å². The summed E-state index contributed by atoms with van der Waals surface area (Å²) in [5.41, 5.74) is 2.61. The normalized spacial score (nSPS) is 10.6. The van der Waals surface area contributed by atoms with Crippen molar-refractivity contribution in [2.75, 3.05) is 0 Å². The maximum atomic E-state index is 11.7. The second-order valence-electron chi connectivity index (χ2n) is 3.80. The molecule has 0 saturated carbocycles. The van der Waals surface area contributed by atoms with Crippen LogP contribution in [0.2, 0.25) is 0 Å². The minimum absolute atomic E-state index is 0.223. The Balaban J connectivity index is 2.97. The van der Waals surface area contributed by atoms with Crippen LogP contribution >= 0.6 is 0 Å². The molecule has 0 aliphatic rings. The molecule has 0 fully saturated rings. The van der Waals surface area contributed by atoms with Crippen LogP contribution in [0, 0.1) is 6.92 Å². The Morgan fingerprint density at radius 3 is 2.75 bits per heavy atom. The van der Waals surface area contributed by atoms with Gasteiger partial charge in [0, 0.05) is 5.39 Å². The summed E-state index contributed by atoms with van der Waals surface area (Å²) in [5.74, 6) is 0. The number of fused-ring (bicyclic) bond motifs is 1. The van der Waals surface area contributed by atoms with Gasteiger partial charge in [0.15, 0.2) is 6.29 Å². The van der Waals surface area contributed by atoms with E-state index in [9.17, 15) is 9.59 Å². The van der Waals surface area contributed by atoms with E-state index in [2.05, 4.69) is 4.98 Å². The second kappa shape index (κ2) is 3.93. The lowest BCUT2D eigenvalue weighted by molar-refractivity contribution is 0.112. The van der Waals surface area contributed by atoms with Crippen LogP contribution in [-0.2, 0) is 6.42 Å². The summed E-state index contributed by atoms with van der Waals surface area (Å²) in [5, 5.41) is 0.945. The zero-order valence-electron chi connectivity index (χ0n) is 9.33. The van der Waals surface area contributed by atoms with E-state index in [1.54, 1.807) is 6.92 Å². The molecule has 3 nitrogen and oxygen atoms in total. The molecule has 0 aliphatic heterocycles. The quantitative estimate of drug-likeness (QED) is 0.781. The molecule has 82 valence electrons. The molecular weight excluding hydrogens is 202 g/mol. The molecule has 16 heavy (non-hydrogen) atoms. The van der Waals surface area contributed by atoms with E-state index in [0.717, 1.165) is 28.5 Å². The smallest absolute Gasteiger partial charge is 0.259 e. The van der Waals surface area contributed by atoms with E-state index in [0.29, 0.717) is 6.29 Å². The van der Waals surface area contributed by atoms with Crippen molar-refractivity contribution < 1.29 is 4.79 Å². The molecule has 0 amide bonds. The molecule has 3 heteroatoms. The summed E-state index contributed by atoms with van der Waals surface area (Å²) >= 11 is 0. The minimum Gasteiger partial charge on any atom is -0.321 e. The molecule has 0 spiro atoms. The van der Waals surface area contributed by atoms with Gasteiger partial charge in [0.25, 0.3) is 5.56 Å². The average Bonchev–Trinajstić information content (AvgIpc) is 2.29. The molecule has 0 bridgehead atoms. The van der Waals surface area contributed by atoms with Gasteiger partial charge < -0.3 is 4.98 Å². The van der Waals surface area contributed by atoms with Crippen molar-refractivity contribution in [3.63, 3.8) is 0 Å². The van der Waals surface area contributed by atoms with Crippen molar-refractivity contribution in [1.29, 1.82) is 0 Å². The van der Waals surface area contributed by atoms with Crippen LogP contribution in [0.5, 0.6) is 0 Å². The lowest BCUT2D eigenvalue weighted by atomic mass is 10.0. The SMILES string of the molecule is CCc1cccc2c(C)c(C=O)c(=O)[nH]c12. The molecule has 2 rings (SSSR count). The number of aromatic nitrogens is 1. The van der Waals surface area contributed by atoms with Crippen molar-refractivity contribution in [2.45, 2.75) is 20.3 Å². The zero-order valence-corrected chi connectivity index (χ0v) is 9.33. The molecule has 1 aromatic carbocycles. The van der Waals surface area contributed by atoms with Gasteiger partial charge in [0.1, 0.15) is 0 Å². The highest BCUT2D eigenvalue weighted by molar-refractivity contribution is 5.91. The van der Waals surface area contributed by atoms with Gasteiger partial charge >= 0.3 is 0 Å². The fourth-order valence-corrected chi connectivity index (χ4v) is 1.99. The van der Waals surface area contributed by atoms with Gasteiger partial charge in [-0.25, -0.2) is 0 Å². The van der Waals surface area contributed by atoms with Gasteiger partial charge in [0.05, 0.1) is 11.1 Å². The highest BCUT2D eigenvalue weighted by Crippen LogP contribution is 2.20. The van der Waals surface area contributed by atoms with E-state index in [4.69, 9.17) is 0 Å². The number of benzene rings is 1. The van der Waals surface area contributed by atoms with Gasteiger partial charge in [-0.3, -0.25) is 9.59 Å². The Morgan fingerprint density at radius 2 is 2.12 bits per heavy atom. The van der Waals surface area contributed by atoms with Crippen LogP contribution < -0.4 is 5.56 Å². The molecule has 1 heterocycles. The summed E-state index contributed by atoms with van der Waals surface area (Å²) in [6, 6.07) is 5.85. The Hall–Kier alpha value is -1.90. The van der Waals surface area contributed by atoms with E-state index in [1.165, 1.54) is 0 Å². The first kappa shape index (κ1) is 10.6. The number of hydrogen-bond acceptors (Lipinski definition) is 2. The summed E-state index contributed by atoms with van der Waals surface area (Å²) in [7, 11) is 0. The number of hydrogen-bond donors (Lipinski definition) is 1. The topological polar surface area (TPSA) is 49.9 Å². The maximum Gasteiger partial charge on any atom is 0.259 e. The first-order chi connectivity index (χ1) is 7.69. The van der Waals surface area contributed by atoms with Crippen LogP contribution in [0.15, 0.2) is 23.0 Å². The molecular formula is C13H13NO2. The van der Waals surface area contributed by atoms with Crippen LogP contribution in [0.1, 0.15) is 28.4 Å². The molecule has 2 aromatic rings. The van der Waals surface area contributed by atoms with Crippen LogP contribution in [0.4, 0.5) is 0 Å². The van der Waals surface area contributed by atoms with E-state index in [-0.39, 0.29) is 11.1 Å². The molecule has 0 aliphatic carbocycles. The Kier molecular flexibility index (Phi) is 2.60. The summed E-state index contributed by atoms with van der Waals surface area (Å²) in [6.45, 7) is 3.84. The fourth-order valence-electron chi connectivity index (χ4n) is 1.99. The van der Waals surface area contributed by atoms with Gasteiger partial charge in [0.2, 0.25) is 0 Å². The van der Waals surface area contributed by atoms with Crippen molar-refractivity contribution in [1.82, 2.24) is 4.98 Å². The monoisotopic (exact) mass is 215 g/mol. The molecule has 0 saturated heterocycles. The summed E-state index contributed by atoms with van der Waals surface area (Å²) in [6.07, 6.45) is 1.47. The summed E-state index contributed by atoms with van der Waals surface area (Å²) in [4.78, 5) is 25.3. The fraction of sp³-hybridized carbons (Fsp3) is 0.231. The molecule has 0 unspecified atom stereocenters. The lowest BCUT2D eigenvalue weighted by Gasteiger charge is -2.07. The molecule has 1 aromatic heterocycles. The van der Waals surface area contributed by atoms with E-state index in [1.807, 2.05) is 25.1 Å². The largest absolute Gasteiger partial charge is 0.321 e. The molecule has 0 radical (unpaired) electrons. The molecule has 0 atom stereocenters. The predicted molar refractivity (Wildman–Crippen MR) is 64.1 cm³/mol. The number of pyridine rings is 1. The third-order valence-corrected chi connectivity index (χ3v) is 2.94. The third-order valence-electron chi connectivity index (χ3n) is 2.94. The number of rotatable bonds is 2. The number of H-pyrrole nitrogens is 1. The number of aromatic amines is 1. The van der Waals surface area contributed by atoms with Gasteiger partial charge in [-0.15, -0.1) is 0 Å². The van der Waals surface area contributed by atoms with Crippen molar-refractivity contribution in [3.05, 3.63) is 45.2 Å². The average molecular weight is 215 g/mol. The number of aldehydes is 1. The number of carbonyl (C=O) groups is 1. The zero-order chi connectivity index (χ0) is 11.7. The molecule has 1 N–H and O–H groups in total. The highest BCUT2D eigenvalue weighted by Gasteiger charge is 2.09. The Morgan fingerprint density at radius 1 is 1.38 bits per heavy atom. The van der Waals surface area contributed by atoms with Crippen molar-refractivity contribution in [3.8, 4) is 0 Å². The maximum absolute atomic E-state index is 11.7. The van der Waals surface area contributed by atoms with Crippen LogP contribution in [0.3, 0.4) is 0 Å². The highest BCUT2D eigenvalue weighted by atomic mass is 16.1. The third kappa shape index (κ3) is 1.45. The lowest BCUT2D eigenvalue weighted by Crippen LogP contribution is -2.14. The Bertz CT molecular complexity index is 611. The van der Waals surface area contributed by atoms with E-state index < -0.39 is 0 Å². The van der Waals surface area contributed by atoms with Gasteiger partial charge in [-0.2, -0.15) is 0 Å². The minimum atomic E-state index is -0.305. The van der Waals surface area contributed by atoms with Crippen molar-refractivity contribution in [2.24, 2.45) is 0 Å². The Labute approximate surface area is 93.1 Å². The first-order valence-electron chi connectivity index (χ1n) is 5.28. The number of para-hydroxylation sites is 1. The number of nitrogens with one attached hydrogen (secondary N) is 1. The number of carbonyl (C=O) groups excluding carboxylic acids is 1.